The first kappa shape index (κ1) is 24.3. The third-order valence-corrected chi connectivity index (χ3v) is 6.61. The molecule has 35 heavy (non-hydrogen) atoms. The molecule has 1 aliphatic rings. The van der Waals surface area contributed by atoms with Crippen LogP contribution < -0.4 is 10.6 Å². The number of carbonyl (C=O) groups excluding carboxylic acids is 2. The highest BCUT2D eigenvalue weighted by Crippen LogP contribution is 2.44. The fourth-order valence-electron chi connectivity index (χ4n) is 4.26. The average molecular weight is 491 g/mol. The van der Waals surface area contributed by atoms with E-state index in [0.29, 0.717) is 12.2 Å². The summed E-state index contributed by atoms with van der Waals surface area (Å²) in [7, 11) is 0. The van der Waals surface area contributed by atoms with Gasteiger partial charge in [0.25, 0.3) is 5.91 Å². The van der Waals surface area contributed by atoms with Crippen LogP contribution in [0.1, 0.15) is 33.8 Å². The Hall–Kier alpha value is -3.78. The Morgan fingerprint density at radius 1 is 0.943 bits per heavy atom. The average Bonchev–Trinajstić information content (AvgIpc) is 3.19. The SMILES string of the molecule is CSCC[C@H](NC(=O)c1ccccc1NC(=O)OCC1c2ccccc2-c2ccccc21)C(=O)O. The quantitative estimate of drug-likeness (QED) is 0.391. The molecule has 7 nitrogen and oxygen atoms in total. The van der Waals surface area contributed by atoms with Gasteiger partial charge < -0.3 is 15.2 Å². The molecule has 3 aromatic rings. The van der Waals surface area contributed by atoms with Crippen molar-refractivity contribution in [2.24, 2.45) is 0 Å². The smallest absolute Gasteiger partial charge is 0.411 e. The standard InChI is InChI=1S/C27H26N2O5S/c1-35-15-14-24(26(31)32)28-25(30)21-12-6-7-13-23(21)29-27(33)34-16-22-19-10-4-2-8-17(19)18-9-3-5-11-20(18)22/h2-13,22,24H,14-16H2,1H3,(H,28,30)(H,29,33)(H,31,32)/t24-/m0/s1. The fourth-order valence-corrected chi connectivity index (χ4v) is 4.74. The van der Waals surface area contributed by atoms with Crippen LogP contribution in [0.3, 0.4) is 0 Å². The Labute approximate surface area is 207 Å². The first-order chi connectivity index (χ1) is 17.0. The molecule has 0 saturated carbocycles. The monoisotopic (exact) mass is 490 g/mol. The molecule has 0 bridgehead atoms. The lowest BCUT2D eigenvalue weighted by Gasteiger charge is -2.17. The molecule has 0 spiro atoms. The van der Waals surface area contributed by atoms with E-state index in [9.17, 15) is 19.5 Å². The molecule has 1 atom stereocenters. The Morgan fingerprint density at radius 3 is 2.17 bits per heavy atom. The summed E-state index contributed by atoms with van der Waals surface area (Å²) >= 11 is 1.50. The molecule has 0 unspecified atom stereocenters. The van der Waals surface area contributed by atoms with Gasteiger partial charge in [-0.25, -0.2) is 9.59 Å². The van der Waals surface area contributed by atoms with E-state index in [4.69, 9.17) is 4.74 Å². The van der Waals surface area contributed by atoms with Crippen molar-refractivity contribution in [1.29, 1.82) is 0 Å². The van der Waals surface area contributed by atoms with Crippen LogP contribution in [-0.2, 0) is 9.53 Å². The zero-order valence-corrected chi connectivity index (χ0v) is 20.0. The second kappa shape index (κ2) is 11.1. The molecule has 8 heteroatoms. The molecule has 0 saturated heterocycles. The number of carbonyl (C=O) groups is 3. The summed E-state index contributed by atoms with van der Waals surface area (Å²) in [5, 5.41) is 14.6. The van der Waals surface area contributed by atoms with Crippen molar-refractivity contribution in [2.75, 3.05) is 23.9 Å². The second-order valence-corrected chi connectivity index (χ2v) is 9.13. The minimum absolute atomic E-state index is 0.0838. The molecule has 4 rings (SSSR count). The summed E-state index contributed by atoms with van der Waals surface area (Å²) < 4.78 is 5.57. The predicted molar refractivity (Wildman–Crippen MR) is 137 cm³/mol. The van der Waals surface area contributed by atoms with Crippen molar-refractivity contribution in [3.05, 3.63) is 89.5 Å². The molecule has 0 aliphatic heterocycles. The molecule has 0 radical (unpaired) electrons. The van der Waals surface area contributed by atoms with Gasteiger partial charge in [-0.1, -0.05) is 60.7 Å². The zero-order chi connectivity index (χ0) is 24.8. The van der Waals surface area contributed by atoms with Crippen molar-refractivity contribution >= 4 is 35.4 Å². The number of ether oxygens (including phenoxy) is 1. The summed E-state index contributed by atoms with van der Waals surface area (Å²) in [5.74, 6) is -1.17. The zero-order valence-electron chi connectivity index (χ0n) is 19.2. The molecule has 0 aromatic heterocycles. The largest absolute Gasteiger partial charge is 0.480 e. The lowest BCUT2D eigenvalue weighted by Crippen LogP contribution is -2.41. The minimum Gasteiger partial charge on any atom is -0.480 e. The number of hydrogen-bond acceptors (Lipinski definition) is 5. The Kier molecular flexibility index (Phi) is 7.72. The van der Waals surface area contributed by atoms with Crippen LogP contribution in [0, 0.1) is 0 Å². The molecular formula is C27H26N2O5S. The third-order valence-electron chi connectivity index (χ3n) is 5.97. The van der Waals surface area contributed by atoms with E-state index >= 15 is 0 Å². The van der Waals surface area contributed by atoms with E-state index in [1.807, 2.05) is 42.7 Å². The van der Waals surface area contributed by atoms with Crippen LogP contribution >= 0.6 is 11.8 Å². The number of carboxylic acids is 1. The Morgan fingerprint density at radius 2 is 1.54 bits per heavy atom. The van der Waals surface area contributed by atoms with E-state index in [2.05, 4.69) is 22.8 Å². The van der Waals surface area contributed by atoms with Crippen molar-refractivity contribution < 1.29 is 24.2 Å². The van der Waals surface area contributed by atoms with E-state index in [0.717, 1.165) is 22.3 Å². The van der Waals surface area contributed by atoms with Crippen molar-refractivity contribution in [3.8, 4) is 11.1 Å². The van der Waals surface area contributed by atoms with Gasteiger partial charge in [0.05, 0.1) is 11.3 Å². The van der Waals surface area contributed by atoms with Gasteiger partial charge in [0.15, 0.2) is 0 Å². The highest BCUT2D eigenvalue weighted by molar-refractivity contribution is 7.98. The predicted octanol–water partition coefficient (Wildman–Crippen LogP) is 4.98. The number of amides is 2. The Balaban J connectivity index is 1.43. The summed E-state index contributed by atoms with van der Waals surface area (Å²) in [6, 6.07) is 21.5. The summed E-state index contributed by atoms with van der Waals surface area (Å²) in [5.41, 5.74) is 4.88. The minimum atomic E-state index is -1.10. The van der Waals surface area contributed by atoms with Crippen LogP contribution in [-0.4, -0.2) is 47.7 Å². The van der Waals surface area contributed by atoms with E-state index in [-0.39, 0.29) is 23.8 Å². The van der Waals surface area contributed by atoms with Gasteiger partial charge in [0, 0.05) is 5.92 Å². The molecular weight excluding hydrogens is 464 g/mol. The number of carboxylic acid groups (broad SMARTS) is 1. The molecule has 2 amide bonds. The maximum absolute atomic E-state index is 12.8. The normalized spacial score (nSPS) is 12.8. The third kappa shape index (κ3) is 5.49. The number of fused-ring (bicyclic) bond motifs is 3. The summed E-state index contributed by atoms with van der Waals surface area (Å²) in [6.07, 6.45) is 1.47. The van der Waals surface area contributed by atoms with Crippen LogP contribution in [0.15, 0.2) is 72.8 Å². The second-order valence-electron chi connectivity index (χ2n) is 8.14. The van der Waals surface area contributed by atoms with Gasteiger partial charge in [-0.05, 0) is 52.8 Å². The van der Waals surface area contributed by atoms with Crippen LogP contribution in [0.4, 0.5) is 10.5 Å². The molecule has 0 fully saturated rings. The van der Waals surface area contributed by atoms with Gasteiger partial charge in [0.1, 0.15) is 12.6 Å². The number of benzene rings is 3. The summed E-state index contributed by atoms with van der Waals surface area (Å²) in [6.45, 7) is 0.143. The fraction of sp³-hybridized carbons (Fsp3) is 0.222. The number of thioether (sulfide) groups is 1. The molecule has 3 aromatic carbocycles. The summed E-state index contributed by atoms with van der Waals surface area (Å²) in [4.78, 5) is 37.0. The maximum atomic E-state index is 12.8. The van der Waals surface area contributed by atoms with Gasteiger partial charge in [-0.3, -0.25) is 10.1 Å². The number of hydrogen-bond donors (Lipinski definition) is 3. The van der Waals surface area contributed by atoms with Gasteiger partial charge in [-0.2, -0.15) is 11.8 Å². The highest BCUT2D eigenvalue weighted by Gasteiger charge is 2.29. The molecule has 0 heterocycles. The van der Waals surface area contributed by atoms with Gasteiger partial charge in [-0.15, -0.1) is 0 Å². The van der Waals surface area contributed by atoms with Crippen molar-refractivity contribution in [1.82, 2.24) is 5.32 Å². The van der Waals surface area contributed by atoms with Crippen LogP contribution in [0.5, 0.6) is 0 Å². The first-order valence-corrected chi connectivity index (χ1v) is 12.6. The van der Waals surface area contributed by atoms with Gasteiger partial charge in [0.2, 0.25) is 0 Å². The van der Waals surface area contributed by atoms with Crippen LogP contribution in [0.25, 0.3) is 11.1 Å². The number of aliphatic carboxylic acids is 1. The lowest BCUT2D eigenvalue weighted by molar-refractivity contribution is -0.139. The number of nitrogens with one attached hydrogen (secondary N) is 2. The number of anilines is 1. The van der Waals surface area contributed by atoms with Crippen molar-refractivity contribution in [2.45, 2.75) is 18.4 Å². The Bertz CT molecular complexity index is 1200. The highest BCUT2D eigenvalue weighted by atomic mass is 32.2. The van der Waals surface area contributed by atoms with E-state index in [1.165, 1.54) is 17.8 Å². The molecule has 3 N–H and O–H groups in total. The first-order valence-electron chi connectivity index (χ1n) is 11.2. The lowest BCUT2D eigenvalue weighted by atomic mass is 9.98. The molecule has 1 aliphatic carbocycles. The van der Waals surface area contributed by atoms with Crippen LogP contribution in [0.2, 0.25) is 0 Å². The number of para-hydroxylation sites is 1. The van der Waals surface area contributed by atoms with Crippen molar-refractivity contribution in [3.63, 3.8) is 0 Å². The van der Waals surface area contributed by atoms with E-state index in [1.54, 1.807) is 18.2 Å². The maximum Gasteiger partial charge on any atom is 0.411 e. The van der Waals surface area contributed by atoms with E-state index < -0.39 is 24.0 Å². The number of rotatable bonds is 9. The molecule has 180 valence electrons. The topological polar surface area (TPSA) is 105 Å². The van der Waals surface area contributed by atoms with Gasteiger partial charge >= 0.3 is 12.1 Å².